The average molecular weight is 406 g/mol. The van der Waals surface area contributed by atoms with Gasteiger partial charge in [0.25, 0.3) is 0 Å². The van der Waals surface area contributed by atoms with E-state index in [0.717, 1.165) is 19.5 Å². The minimum atomic E-state index is -0.221. The first-order valence-corrected chi connectivity index (χ1v) is 14.0. The Kier molecular flexibility index (Phi) is 8.69. The van der Waals surface area contributed by atoms with Gasteiger partial charge in [0.1, 0.15) is 0 Å². The number of likely N-dealkylation sites (tertiary alicyclic amines) is 1. The first-order chi connectivity index (χ1) is 10.1. The van der Waals surface area contributed by atoms with Crippen molar-refractivity contribution < 1.29 is 25.9 Å². The summed E-state index contributed by atoms with van der Waals surface area (Å²) in [6.07, 6.45) is 0.977. The fourth-order valence-corrected chi connectivity index (χ4v) is 2.98. The number of hydrogen-bond donors (Lipinski definition) is 0. The minimum absolute atomic E-state index is 0.0971. The molecule has 0 amide bonds. The second-order valence-corrected chi connectivity index (χ2v) is 5.48. The first-order valence-electron chi connectivity index (χ1n) is 7.07. The van der Waals surface area contributed by atoms with Gasteiger partial charge in [0.2, 0.25) is 0 Å². The van der Waals surface area contributed by atoms with E-state index in [1.165, 1.54) is 29.0 Å². The van der Waals surface area contributed by atoms with Crippen LogP contribution < -0.4 is 0 Å². The van der Waals surface area contributed by atoms with E-state index in [1.807, 2.05) is 18.2 Å². The number of nitrogens with zero attached hydrogens (tertiary/aromatic N) is 1. The van der Waals surface area contributed by atoms with Crippen molar-refractivity contribution in [2.75, 3.05) is 13.7 Å². The summed E-state index contributed by atoms with van der Waals surface area (Å²) in [4.78, 5) is 14.2. The number of benzene rings is 1. The molecule has 5 heteroatoms. The Balaban J connectivity index is 0.00000106. The molecular weight excluding hydrogens is 383 g/mol. The summed E-state index contributed by atoms with van der Waals surface area (Å²) in [6.45, 7) is 8.05. The number of ether oxygens (including phenoxy) is 1. The molecule has 0 unspecified atom stereocenters. The van der Waals surface area contributed by atoms with Crippen molar-refractivity contribution in [1.82, 2.24) is 4.90 Å². The molecule has 1 aliphatic heterocycles. The monoisotopic (exact) mass is 403 g/mol. The number of carbonyl (C=O) groups is 1. The van der Waals surface area contributed by atoms with Crippen molar-refractivity contribution in [3.05, 3.63) is 42.8 Å². The van der Waals surface area contributed by atoms with Crippen LogP contribution in [0.4, 0.5) is 0 Å². The maximum atomic E-state index is 12.0. The molecule has 0 aliphatic carbocycles. The Labute approximate surface area is 144 Å². The van der Waals surface area contributed by atoms with Gasteiger partial charge in [-0.2, -0.15) is 0 Å². The Morgan fingerprint density at radius 1 is 1.43 bits per heavy atom. The summed E-state index contributed by atoms with van der Waals surface area (Å²) >= 11 is 4.25. The normalized spacial score (nSPS) is 25.7. The number of halogens is 1. The van der Waals surface area contributed by atoms with E-state index in [9.17, 15) is 4.79 Å². The van der Waals surface area contributed by atoms with E-state index in [2.05, 4.69) is 44.5 Å². The van der Waals surface area contributed by atoms with Crippen molar-refractivity contribution in [3.63, 3.8) is 0 Å². The van der Waals surface area contributed by atoms with Crippen molar-refractivity contribution in [1.29, 1.82) is 0 Å². The summed E-state index contributed by atoms with van der Waals surface area (Å²) in [5, 5.41) is 0. The van der Waals surface area contributed by atoms with Gasteiger partial charge in [0, 0.05) is 13.1 Å². The van der Waals surface area contributed by atoms with Crippen LogP contribution in [0.15, 0.2) is 30.3 Å². The molecular formula is C16H22BrNO2Zn. The van der Waals surface area contributed by atoms with Gasteiger partial charge in [-0.05, 0) is 11.5 Å². The molecule has 3 nitrogen and oxygen atoms in total. The Hall–Kier alpha value is -0.247. The van der Waals surface area contributed by atoms with Gasteiger partial charge >= 0.3 is 35.9 Å². The SMILES string of the molecule is [CH2-][C@@H]1C[C@@H](C)CN(Cc2ccccc2)[C@@H]1C(=O)OC.[Zn+][Br]. The van der Waals surface area contributed by atoms with Crippen LogP contribution in [-0.2, 0) is 32.4 Å². The van der Waals surface area contributed by atoms with Gasteiger partial charge in [-0.1, -0.05) is 43.7 Å². The predicted octanol–water partition coefficient (Wildman–Crippen LogP) is 3.36. The third-order valence-corrected chi connectivity index (χ3v) is 3.76. The first kappa shape index (κ1) is 18.8. The molecule has 2 rings (SSSR count). The molecule has 1 fully saturated rings. The molecule has 0 spiro atoms. The number of carbonyl (C=O) groups excluding carboxylic acids is 1. The molecule has 1 saturated heterocycles. The molecule has 0 radical (unpaired) electrons. The van der Waals surface area contributed by atoms with E-state index >= 15 is 0 Å². The van der Waals surface area contributed by atoms with Gasteiger partial charge < -0.3 is 11.7 Å². The molecule has 1 aromatic carbocycles. The van der Waals surface area contributed by atoms with Gasteiger partial charge in [-0.15, -0.1) is 5.92 Å². The molecule has 0 saturated carbocycles. The summed E-state index contributed by atoms with van der Waals surface area (Å²) < 4.78 is 4.94. The second-order valence-electron chi connectivity index (χ2n) is 5.48. The van der Waals surface area contributed by atoms with Crippen LogP contribution in [0.25, 0.3) is 0 Å². The summed E-state index contributed by atoms with van der Waals surface area (Å²) in [6, 6.07) is 10.0. The number of hydrogen-bond acceptors (Lipinski definition) is 3. The molecule has 1 aliphatic rings. The third-order valence-electron chi connectivity index (χ3n) is 3.76. The number of rotatable bonds is 3. The van der Waals surface area contributed by atoms with Crippen LogP contribution in [-0.4, -0.2) is 30.6 Å². The Bertz CT molecular complexity index is 430. The molecule has 1 aromatic rings. The van der Waals surface area contributed by atoms with Crippen LogP contribution in [0.2, 0.25) is 0 Å². The van der Waals surface area contributed by atoms with Crippen LogP contribution in [0, 0.1) is 18.8 Å². The topological polar surface area (TPSA) is 29.5 Å². The number of esters is 1. The van der Waals surface area contributed by atoms with E-state index < -0.39 is 0 Å². The van der Waals surface area contributed by atoms with E-state index in [0.29, 0.717) is 5.92 Å². The Morgan fingerprint density at radius 2 is 2.05 bits per heavy atom. The molecule has 0 N–H and O–H groups in total. The van der Waals surface area contributed by atoms with Crippen LogP contribution in [0.5, 0.6) is 0 Å². The van der Waals surface area contributed by atoms with Crippen LogP contribution in [0.1, 0.15) is 18.9 Å². The van der Waals surface area contributed by atoms with Gasteiger partial charge in [0.15, 0.2) is 0 Å². The number of methoxy groups -OCH3 is 1. The second kappa shape index (κ2) is 9.71. The van der Waals surface area contributed by atoms with Gasteiger partial charge in [-0.25, -0.2) is 0 Å². The fourth-order valence-electron chi connectivity index (χ4n) is 2.98. The quantitative estimate of drug-likeness (QED) is 0.439. The van der Waals surface area contributed by atoms with Crippen LogP contribution in [0.3, 0.4) is 0 Å². The molecule has 3 atom stereocenters. The van der Waals surface area contributed by atoms with E-state index in [4.69, 9.17) is 4.74 Å². The maximum absolute atomic E-state index is 12.0. The predicted molar refractivity (Wildman–Crippen MR) is 84.2 cm³/mol. The van der Waals surface area contributed by atoms with Crippen molar-refractivity contribution in [2.24, 2.45) is 11.8 Å². The molecule has 112 valence electrons. The molecule has 1 heterocycles. The van der Waals surface area contributed by atoms with Crippen molar-refractivity contribution >= 4 is 19.6 Å². The molecule has 0 aromatic heterocycles. The van der Waals surface area contributed by atoms with Gasteiger partial charge in [0.05, 0.1) is 13.2 Å². The summed E-state index contributed by atoms with van der Waals surface area (Å²) in [5.74, 6) is 0.495. The zero-order valence-electron chi connectivity index (χ0n) is 12.8. The fraction of sp³-hybridized carbons (Fsp3) is 0.500. The molecule has 21 heavy (non-hydrogen) atoms. The number of piperidine rings is 1. The summed E-state index contributed by atoms with van der Waals surface area (Å²) in [5.41, 5.74) is 1.22. The zero-order chi connectivity index (χ0) is 15.8. The third kappa shape index (κ3) is 5.46. The standard InChI is InChI=1S/C16H22NO2.BrH.Zn/c1-12-9-13(2)15(16(18)19-3)17(10-12)11-14-7-5-4-6-8-14;;/h4-8,12-13,15H,2,9-11H2,1,3H3;1H;/q-1;;+2/p-1/t12-,13-,15+;;/m1../s1. The van der Waals surface area contributed by atoms with Crippen molar-refractivity contribution in [2.45, 2.75) is 25.9 Å². The van der Waals surface area contributed by atoms with E-state index in [-0.39, 0.29) is 17.9 Å². The zero-order valence-corrected chi connectivity index (χ0v) is 17.3. The molecule has 0 bridgehead atoms. The summed E-state index contributed by atoms with van der Waals surface area (Å²) in [7, 11) is 1.45. The average Bonchev–Trinajstić information content (AvgIpc) is 2.49. The van der Waals surface area contributed by atoms with Gasteiger partial charge in [-0.3, -0.25) is 9.69 Å². The van der Waals surface area contributed by atoms with E-state index in [1.54, 1.807) is 0 Å². The Morgan fingerprint density at radius 3 is 2.62 bits per heavy atom. The van der Waals surface area contributed by atoms with Crippen molar-refractivity contribution in [3.8, 4) is 0 Å². The van der Waals surface area contributed by atoms with Crippen LogP contribution >= 0.6 is 13.6 Å².